The molecule has 3 aromatic rings. The number of phenolic OH excluding ortho intramolecular Hbond substituents is 1. The number of carbonyl (C=O) groups is 1. The van der Waals surface area contributed by atoms with E-state index >= 15 is 0 Å². The molecule has 1 aliphatic heterocycles. The minimum absolute atomic E-state index is 0.0565. The van der Waals surface area contributed by atoms with Gasteiger partial charge in [0.2, 0.25) is 6.41 Å². The van der Waals surface area contributed by atoms with Gasteiger partial charge in [-0.25, -0.2) is 9.37 Å². The van der Waals surface area contributed by atoms with Gasteiger partial charge in [0.25, 0.3) is 0 Å². The highest BCUT2D eigenvalue weighted by atomic mass is 35.5. The average Bonchev–Trinajstić information content (AvgIpc) is 3.17. The number of benzene rings is 2. The number of amides is 1. The molecule has 0 atom stereocenters. The van der Waals surface area contributed by atoms with Crippen LogP contribution in [0.15, 0.2) is 61.1 Å². The lowest BCUT2D eigenvalue weighted by Crippen LogP contribution is -2.35. The summed E-state index contributed by atoms with van der Waals surface area (Å²) in [4.78, 5) is 24.1. The maximum Gasteiger partial charge on any atom is 0.218 e. The lowest BCUT2D eigenvalue weighted by atomic mass is 9.97. The third-order valence-electron chi connectivity index (χ3n) is 6.89. The first kappa shape index (κ1) is 28.4. The molecule has 9 heteroatoms. The zero-order valence-corrected chi connectivity index (χ0v) is 23.6. The van der Waals surface area contributed by atoms with Crippen LogP contribution in [0.4, 0.5) is 15.9 Å². The summed E-state index contributed by atoms with van der Waals surface area (Å²) in [6.07, 6.45) is 6.70. The van der Waals surface area contributed by atoms with E-state index in [0.717, 1.165) is 38.4 Å². The Morgan fingerprint density at radius 1 is 1.00 bits per heavy atom. The van der Waals surface area contributed by atoms with Crippen LogP contribution in [0.3, 0.4) is 0 Å². The molecule has 1 N–H and O–H groups in total. The quantitative estimate of drug-likeness (QED) is 0.355. The number of pyridine rings is 1. The molecule has 4 rings (SSSR count). The van der Waals surface area contributed by atoms with Crippen LogP contribution in [-0.2, 0) is 4.79 Å². The van der Waals surface area contributed by atoms with Gasteiger partial charge in [0, 0.05) is 76.0 Å². The van der Waals surface area contributed by atoms with Crippen LogP contribution in [0, 0.1) is 5.82 Å². The molecule has 2 heterocycles. The van der Waals surface area contributed by atoms with Crippen molar-refractivity contribution in [2.24, 2.45) is 0 Å². The summed E-state index contributed by atoms with van der Waals surface area (Å²) in [5.74, 6) is 0.261. The summed E-state index contributed by atoms with van der Waals surface area (Å²) in [6.45, 7) is 8.13. The fourth-order valence-electron chi connectivity index (χ4n) is 4.74. The number of carbonyl (C=O) groups excluding carboxylic acids is 1. The number of phenols is 1. The molecule has 1 amide bonds. The van der Waals surface area contributed by atoms with Gasteiger partial charge in [0.05, 0.1) is 10.7 Å². The van der Waals surface area contributed by atoms with E-state index < -0.39 is 5.82 Å². The summed E-state index contributed by atoms with van der Waals surface area (Å²) in [7, 11) is 3.68. The molecule has 0 bridgehead atoms. The number of aromatic hydroxyl groups is 1. The van der Waals surface area contributed by atoms with E-state index in [1.54, 1.807) is 47.8 Å². The summed E-state index contributed by atoms with van der Waals surface area (Å²) in [5, 5.41) is 11.6. The van der Waals surface area contributed by atoms with Gasteiger partial charge in [0.15, 0.2) is 0 Å². The Morgan fingerprint density at radius 2 is 1.72 bits per heavy atom. The number of nitrogens with zero attached hydrogens (tertiary/aromatic N) is 5. The Labute approximate surface area is 234 Å². The fourth-order valence-corrected chi connectivity index (χ4v) is 5.02. The van der Waals surface area contributed by atoms with Crippen molar-refractivity contribution in [2.45, 2.75) is 26.3 Å². The number of anilines is 2. The Balaban J connectivity index is 1.66. The standard InChI is InChI=1S/C30H35ClFN5O2/c1-21(2)35-10-5-11-36(15-14-35)29-17-23(8-9-33-29)26-19-24(32)18-25(30(26)39)22-6-7-28(27(31)16-22)37(20-38)13-12-34(3)4/h6-9,12-13,16-21,39H,5,10-11,14-15H2,1-4H3/b13-12-. The van der Waals surface area contributed by atoms with E-state index in [2.05, 4.69) is 28.6 Å². The molecule has 206 valence electrons. The molecule has 0 spiro atoms. The third kappa shape index (κ3) is 6.69. The van der Waals surface area contributed by atoms with Crippen molar-refractivity contribution >= 4 is 29.5 Å². The molecule has 1 saturated heterocycles. The highest BCUT2D eigenvalue weighted by Crippen LogP contribution is 2.41. The van der Waals surface area contributed by atoms with Gasteiger partial charge in [0.1, 0.15) is 17.4 Å². The second-order valence-electron chi connectivity index (χ2n) is 10.2. The van der Waals surface area contributed by atoms with Crippen LogP contribution in [0.2, 0.25) is 5.02 Å². The van der Waals surface area contributed by atoms with Crippen molar-refractivity contribution in [1.29, 1.82) is 0 Å². The van der Waals surface area contributed by atoms with E-state index in [-0.39, 0.29) is 10.8 Å². The Bertz CT molecular complexity index is 1350. The number of hydrogen-bond acceptors (Lipinski definition) is 6. The van der Waals surface area contributed by atoms with Gasteiger partial charge >= 0.3 is 0 Å². The molecule has 1 aliphatic rings. The Morgan fingerprint density at radius 3 is 2.36 bits per heavy atom. The first-order chi connectivity index (χ1) is 18.7. The van der Waals surface area contributed by atoms with Crippen molar-refractivity contribution in [2.75, 3.05) is 50.1 Å². The van der Waals surface area contributed by atoms with Gasteiger partial charge in [-0.1, -0.05) is 17.7 Å². The first-order valence-electron chi connectivity index (χ1n) is 13.0. The van der Waals surface area contributed by atoms with Crippen LogP contribution in [-0.4, -0.2) is 72.6 Å². The van der Waals surface area contributed by atoms with E-state index in [0.29, 0.717) is 40.4 Å². The summed E-state index contributed by atoms with van der Waals surface area (Å²) in [6, 6.07) is 11.8. The maximum absolute atomic E-state index is 14.9. The number of aromatic nitrogens is 1. The minimum Gasteiger partial charge on any atom is -0.507 e. The molecule has 1 fully saturated rings. The highest BCUT2D eigenvalue weighted by molar-refractivity contribution is 6.34. The third-order valence-corrected chi connectivity index (χ3v) is 7.19. The Hall–Kier alpha value is -3.62. The SMILES string of the molecule is CC(C)N1CCCN(c2cc(-c3cc(F)cc(-c4ccc(N(C=O)/C=C\N(C)C)c(Cl)c4)c3O)ccn2)CC1. The van der Waals surface area contributed by atoms with Crippen molar-refractivity contribution < 1.29 is 14.3 Å². The number of halogens is 2. The summed E-state index contributed by atoms with van der Waals surface area (Å²) < 4.78 is 14.9. The largest absolute Gasteiger partial charge is 0.507 e. The lowest BCUT2D eigenvalue weighted by Gasteiger charge is -2.25. The minimum atomic E-state index is -0.484. The van der Waals surface area contributed by atoms with Crippen molar-refractivity contribution in [3.8, 4) is 28.0 Å². The lowest BCUT2D eigenvalue weighted by molar-refractivity contribution is -0.106. The van der Waals surface area contributed by atoms with E-state index in [1.165, 1.54) is 17.0 Å². The van der Waals surface area contributed by atoms with Crippen LogP contribution >= 0.6 is 11.6 Å². The molecule has 0 unspecified atom stereocenters. The van der Waals surface area contributed by atoms with Crippen LogP contribution in [0.1, 0.15) is 20.3 Å². The second-order valence-corrected chi connectivity index (χ2v) is 10.6. The second kappa shape index (κ2) is 12.5. The first-order valence-corrected chi connectivity index (χ1v) is 13.4. The highest BCUT2D eigenvalue weighted by Gasteiger charge is 2.20. The molecule has 0 saturated carbocycles. The smallest absolute Gasteiger partial charge is 0.218 e. The number of hydrogen-bond donors (Lipinski definition) is 1. The molecule has 1 aromatic heterocycles. The molecule has 0 aliphatic carbocycles. The average molecular weight is 552 g/mol. The molecule has 0 radical (unpaired) electrons. The molecular formula is C30H35ClFN5O2. The molecule has 2 aromatic carbocycles. The van der Waals surface area contributed by atoms with Gasteiger partial charge in [-0.2, -0.15) is 0 Å². The zero-order chi connectivity index (χ0) is 28.1. The van der Waals surface area contributed by atoms with Gasteiger partial charge in [-0.05, 0) is 67.8 Å². The van der Waals surface area contributed by atoms with Crippen LogP contribution in [0.25, 0.3) is 22.3 Å². The predicted octanol–water partition coefficient (Wildman–Crippen LogP) is 5.83. The predicted molar refractivity (Wildman–Crippen MR) is 157 cm³/mol. The summed E-state index contributed by atoms with van der Waals surface area (Å²) in [5.41, 5.74) is 2.35. The van der Waals surface area contributed by atoms with Gasteiger partial charge < -0.3 is 14.9 Å². The number of rotatable bonds is 8. The Kier molecular flexibility index (Phi) is 9.09. The molecule has 7 nitrogen and oxygen atoms in total. The van der Waals surface area contributed by atoms with E-state index in [9.17, 15) is 14.3 Å². The monoisotopic (exact) mass is 551 g/mol. The van der Waals surface area contributed by atoms with Crippen molar-refractivity contribution in [1.82, 2.24) is 14.8 Å². The van der Waals surface area contributed by atoms with Crippen molar-refractivity contribution in [3.63, 3.8) is 0 Å². The van der Waals surface area contributed by atoms with E-state index in [4.69, 9.17) is 11.6 Å². The summed E-state index contributed by atoms with van der Waals surface area (Å²) >= 11 is 6.53. The van der Waals surface area contributed by atoms with Crippen molar-refractivity contribution in [3.05, 3.63) is 71.9 Å². The fraction of sp³-hybridized carbons (Fsp3) is 0.333. The maximum atomic E-state index is 14.9. The van der Waals surface area contributed by atoms with Gasteiger partial charge in [-0.3, -0.25) is 14.6 Å². The molecular weight excluding hydrogens is 517 g/mol. The normalized spacial score (nSPS) is 14.6. The topological polar surface area (TPSA) is 63.2 Å². The van der Waals surface area contributed by atoms with Crippen LogP contribution in [0.5, 0.6) is 5.75 Å². The van der Waals surface area contributed by atoms with Crippen LogP contribution < -0.4 is 9.80 Å². The van der Waals surface area contributed by atoms with E-state index in [1.807, 2.05) is 20.2 Å². The zero-order valence-electron chi connectivity index (χ0n) is 22.8. The van der Waals surface area contributed by atoms with Gasteiger partial charge in [-0.15, -0.1) is 0 Å². The molecule has 39 heavy (non-hydrogen) atoms.